The molecule has 0 aliphatic heterocycles. The van der Waals surface area contributed by atoms with Crippen LogP contribution in [0.5, 0.6) is 0 Å². The number of pyridine rings is 1. The number of amides is 2. The largest absolute Gasteiger partial charge is 0.383 e. The maximum absolute atomic E-state index is 12.3. The van der Waals surface area contributed by atoms with Crippen molar-refractivity contribution >= 4 is 29.1 Å². The van der Waals surface area contributed by atoms with Gasteiger partial charge in [0.25, 0.3) is 11.8 Å². The zero-order valence-electron chi connectivity index (χ0n) is 13.4. The molecule has 1 aromatic heterocycles. The molecule has 0 aliphatic rings. The first kappa shape index (κ1) is 17.9. The van der Waals surface area contributed by atoms with Gasteiger partial charge < -0.3 is 15.4 Å². The number of hydrogen-bond acceptors (Lipinski definition) is 4. The first-order valence-corrected chi connectivity index (χ1v) is 7.70. The molecule has 0 saturated heterocycles. The lowest BCUT2D eigenvalue weighted by atomic mass is 10.2. The van der Waals surface area contributed by atoms with Crippen LogP contribution in [0.1, 0.15) is 26.5 Å². The van der Waals surface area contributed by atoms with Gasteiger partial charge in [-0.05, 0) is 42.8 Å². The van der Waals surface area contributed by atoms with Gasteiger partial charge in [-0.3, -0.25) is 9.59 Å². The maximum atomic E-state index is 12.3. The third kappa shape index (κ3) is 4.78. The van der Waals surface area contributed by atoms with E-state index in [0.29, 0.717) is 23.9 Å². The van der Waals surface area contributed by atoms with Crippen LogP contribution in [0.25, 0.3) is 0 Å². The van der Waals surface area contributed by atoms with Crippen LogP contribution < -0.4 is 10.6 Å². The van der Waals surface area contributed by atoms with E-state index in [9.17, 15) is 9.59 Å². The van der Waals surface area contributed by atoms with Crippen LogP contribution in [0, 0.1) is 6.92 Å². The number of methoxy groups -OCH3 is 1. The molecule has 24 heavy (non-hydrogen) atoms. The first-order chi connectivity index (χ1) is 11.5. The lowest BCUT2D eigenvalue weighted by Crippen LogP contribution is -2.28. The fraction of sp³-hybridized carbons (Fsp3) is 0.235. The fourth-order valence-corrected chi connectivity index (χ4v) is 2.23. The van der Waals surface area contributed by atoms with Gasteiger partial charge in [-0.25, -0.2) is 4.98 Å². The third-order valence-corrected chi connectivity index (χ3v) is 3.48. The summed E-state index contributed by atoms with van der Waals surface area (Å²) in [6, 6.07) is 9.87. The van der Waals surface area contributed by atoms with E-state index in [0.717, 1.165) is 5.56 Å². The molecule has 2 N–H and O–H groups in total. The number of aryl methyl sites for hydroxylation is 1. The van der Waals surface area contributed by atoms with Crippen LogP contribution in [-0.2, 0) is 4.74 Å². The zero-order chi connectivity index (χ0) is 17.5. The first-order valence-electron chi connectivity index (χ1n) is 7.33. The topological polar surface area (TPSA) is 80.3 Å². The van der Waals surface area contributed by atoms with E-state index in [1.54, 1.807) is 43.5 Å². The molecule has 2 aromatic rings. The number of nitrogens with zero attached hydrogens (tertiary/aromatic N) is 1. The van der Waals surface area contributed by atoms with Gasteiger partial charge in [-0.1, -0.05) is 17.7 Å². The van der Waals surface area contributed by atoms with Gasteiger partial charge in [-0.15, -0.1) is 0 Å². The number of rotatable bonds is 6. The standard InChI is InChI=1S/C17H18ClN3O3/c1-11-10-12(18)6-7-13(11)21-17(23)15-5-3-4-14(20-15)16(22)19-8-9-24-2/h3-7,10H,8-9H2,1-2H3,(H,19,22)(H,21,23). The predicted octanol–water partition coefficient (Wildman–Crippen LogP) is 2.67. The van der Waals surface area contributed by atoms with Gasteiger partial charge in [-0.2, -0.15) is 0 Å². The fourth-order valence-electron chi connectivity index (χ4n) is 2.00. The van der Waals surface area contributed by atoms with Crippen molar-refractivity contribution in [2.24, 2.45) is 0 Å². The Bertz CT molecular complexity index is 750. The highest BCUT2D eigenvalue weighted by atomic mass is 35.5. The van der Waals surface area contributed by atoms with Gasteiger partial charge in [0.1, 0.15) is 11.4 Å². The Hall–Kier alpha value is -2.44. The van der Waals surface area contributed by atoms with Crippen LogP contribution in [0.3, 0.4) is 0 Å². The summed E-state index contributed by atoms with van der Waals surface area (Å²) in [6.45, 7) is 2.62. The minimum Gasteiger partial charge on any atom is -0.383 e. The van der Waals surface area contributed by atoms with Gasteiger partial charge in [0.05, 0.1) is 6.61 Å². The molecule has 0 saturated carbocycles. The van der Waals surface area contributed by atoms with Crippen LogP contribution >= 0.6 is 11.6 Å². The normalized spacial score (nSPS) is 10.3. The molecule has 6 nitrogen and oxygen atoms in total. The van der Waals surface area contributed by atoms with E-state index in [-0.39, 0.29) is 17.3 Å². The number of aromatic nitrogens is 1. The number of hydrogen-bond donors (Lipinski definition) is 2. The lowest BCUT2D eigenvalue weighted by Gasteiger charge is -2.09. The Morgan fingerprint density at radius 1 is 1.17 bits per heavy atom. The molecule has 2 rings (SSSR count). The van der Waals surface area contributed by atoms with Gasteiger partial charge in [0.15, 0.2) is 0 Å². The van der Waals surface area contributed by atoms with Crippen LogP contribution in [0.2, 0.25) is 5.02 Å². The van der Waals surface area contributed by atoms with Crippen molar-refractivity contribution in [2.75, 3.05) is 25.6 Å². The number of halogens is 1. The van der Waals surface area contributed by atoms with Crippen LogP contribution in [0.4, 0.5) is 5.69 Å². The van der Waals surface area contributed by atoms with Gasteiger partial charge in [0, 0.05) is 24.4 Å². The van der Waals surface area contributed by atoms with Crippen molar-refractivity contribution < 1.29 is 14.3 Å². The molecule has 1 heterocycles. The molecule has 0 atom stereocenters. The van der Waals surface area contributed by atoms with E-state index < -0.39 is 5.91 Å². The SMILES string of the molecule is COCCNC(=O)c1cccc(C(=O)Nc2ccc(Cl)cc2C)n1. The predicted molar refractivity (Wildman–Crippen MR) is 92.6 cm³/mol. The highest BCUT2D eigenvalue weighted by Crippen LogP contribution is 2.20. The molecule has 0 spiro atoms. The Morgan fingerprint density at radius 3 is 2.54 bits per heavy atom. The van der Waals surface area contributed by atoms with Crippen molar-refractivity contribution in [3.05, 3.63) is 58.4 Å². The van der Waals surface area contributed by atoms with E-state index in [1.807, 2.05) is 6.92 Å². The molecule has 0 unspecified atom stereocenters. The molecule has 2 amide bonds. The number of carbonyl (C=O) groups excluding carboxylic acids is 2. The minimum atomic E-state index is -0.396. The molecule has 0 fully saturated rings. The third-order valence-electron chi connectivity index (χ3n) is 3.24. The number of benzene rings is 1. The van der Waals surface area contributed by atoms with Crippen molar-refractivity contribution in [2.45, 2.75) is 6.92 Å². The second-order valence-corrected chi connectivity index (χ2v) is 5.51. The molecule has 0 aliphatic carbocycles. The summed E-state index contributed by atoms with van der Waals surface area (Å²) >= 11 is 5.90. The van der Waals surface area contributed by atoms with Gasteiger partial charge >= 0.3 is 0 Å². The molecular weight excluding hydrogens is 330 g/mol. The zero-order valence-corrected chi connectivity index (χ0v) is 14.2. The van der Waals surface area contributed by atoms with E-state index in [4.69, 9.17) is 16.3 Å². The van der Waals surface area contributed by atoms with Crippen LogP contribution in [0.15, 0.2) is 36.4 Å². The van der Waals surface area contributed by atoms with Crippen LogP contribution in [-0.4, -0.2) is 37.1 Å². The summed E-state index contributed by atoms with van der Waals surface area (Å²) in [6.07, 6.45) is 0. The highest BCUT2D eigenvalue weighted by molar-refractivity contribution is 6.30. The Morgan fingerprint density at radius 2 is 1.88 bits per heavy atom. The summed E-state index contributed by atoms with van der Waals surface area (Å²) in [7, 11) is 1.55. The quantitative estimate of drug-likeness (QED) is 0.787. The Kier molecular flexibility index (Phi) is 6.28. The number of carbonyl (C=O) groups is 2. The number of anilines is 1. The lowest BCUT2D eigenvalue weighted by molar-refractivity contribution is 0.0932. The summed E-state index contributed by atoms with van der Waals surface area (Å²) in [5.41, 5.74) is 1.81. The van der Waals surface area contributed by atoms with Gasteiger partial charge in [0.2, 0.25) is 0 Å². The summed E-state index contributed by atoms with van der Waals surface area (Å²) in [4.78, 5) is 28.4. The highest BCUT2D eigenvalue weighted by Gasteiger charge is 2.13. The van der Waals surface area contributed by atoms with Crippen molar-refractivity contribution in [3.63, 3.8) is 0 Å². The Balaban J connectivity index is 2.09. The molecule has 126 valence electrons. The molecule has 1 aromatic carbocycles. The van der Waals surface area contributed by atoms with Crippen molar-refractivity contribution in [1.82, 2.24) is 10.3 Å². The van der Waals surface area contributed by atoms with E-state index >= 15 is 0 Å². The monoisotopic (exact) mass is 347 g/mol. The van der Waals surface area contributed by atoms with Crippen molar-refractivity contribution in [1.29, 1.82) is 0 Å². The Labute approximate surface area is 145 Å². The average Bonchev–Trinajstić information content (AvgIpc) is 2.57. The second kappa shape index (κ2) is 8.42. The molecule has 0 bridgehead atoms. The average molecular weight is 348 g/mol. The summed E-state index contributed by atoms with van der Waals surface area (Å²) < 4.78 is 4.87. The smallest absolute Gasteiger partial charge is 0.274 e. The molecular formula is C17H18ClN3O3. The summed E-state index contributed by atoms with van der Waals surface area (Å²) in [5.74, 6) is -0.753. The minimum absolute atomic E-state index is 0.156. The molecule has 0 radical (unpaired) electrons. The van der Waals surface area contributed by atoms with E-state index in [2.05, 4.69) is 15.6 Å². The molecule has 7 heteroatoms. The van der Waals surface area contributed by atoms with Crippen molar-refractivity contribution in [3.8, 4) is 0 Å². The number of nitrogens with one attached hydrogen (secondary N) is 2. The summed E-state index contributed by atoms with van der Waals surface area (Å²) in [5, 5.41) is 6.01. The maximum Gasteiger partial charge on any atom is 0.274 e. The number of ether oxygens (including phenoxy) is 1. The van der Waals surface area contributed by atoms with E-state index in [1.165, 1.54) is 0 Å². The second-order valence-electron chi connectivity index (χ2n) is 5.07.